The van der Waals surface area contributed by atoms with Crippen LogP contribution in [0.2, 0.25) is 0 Å². The lowest BCUT2D eigenvalue weighted by Crippen LogP contribution is -2.42. The Labute approximate surface area is 123 Å². The topological polar surface area (TPSA) is 45.2 Å². The monoisotopic (exact) mass is 375 g/mol. The van der Waals surface area contributed by atoms with Crippen LogP contribution in [0.15, 0.2) is 21.2 Å². The summed E-state index contributed by atoms with van der Waals surface area (Å²) in [6, 6.07) is 1.98. The number of carbonyl (C=O) groups excluding carboxylic acids is 1. The lowest BCUT2D eigenvalue weighted by atomic mass is 9.97. The van der Waals surface area contributed by atoms with Crippen LogP contribution in [0.1, 0.15) is 12.8 Å². The summed E-state index contributed by atoms with van der Waals surface area (Å²) in [6.45, 7) is 1.67. The standard InChI is InChI=1S/C12H15Br2N3O/c1-15-12(18)8-3-2-4-17(7-8)11-10(14)5-9(13)6-16-11/h5-6,8H,2-4,7H2,1H3,(H,15,18). The van der Waals surface area contributed by atoms with Crippen molar-refractivity contribution in [3.63, 3.8) is 0 Å². The van der Waals surface area contributed by atoms with E-state index in [0.717, 1.165) is 40.7 Å². The van der Waals surface area contributed by atoms with Crippen LogP contribution in [-0.4, -0.2) is 31.0 Å². The van der Waals surface area contributed by atoms with Gasteiger partial charge < -0.3 is 10.2 Å². The van der Waals surface area contributed by atoms with Gasteiger partial charge in [0.25, 0.3) is 0 Å². The molecule has 0 saturated carbocycles. The van der Waals surface area contributed by atoms with Gasteiger partial charge in [-0.3, -0.25) is 4.79 Å². The molecule has 1 fully saturated rings. The average molecular weight is 377 g/mol. The van der Waals surface area contributed by atoms with E-state index in [1.165, 1.54) is 0 Å². The number of hydrogen-bond acceptors (Lipinski definition) is 3. The zero-order chi connectivity index (χ0) is 13.1. The molecule has 1 unspecified atom stereocenters. The molecule has 2 heterocycles. The van der Waals surface area contributed by atoms with Crippen LogP contribution in [0, 0.1) is 5.92 Å². The molecule has 1 atom stereocenters. The lowest BCUT2D eigenvalue weighted by molar-refractivity contribution is -0.124. The summed E-state index contributed by atoms with van der Waals surface area (Å²) < 4.78 is 1.90. The highest BCUT2D eigenvalue weighted by atomic mass is 79.9. The molecule has 1 saturated heterocycles. The van der Waals surface area contributed by atoms with Crippen LogP contribution in [-0.2, 0) is 4.79 Å². The number of pyridine rings is 1. The molecular weight excluding hydrogens is 362 g/mol. The molecule has 0 radical (unpaired) electrons. The lowest BCUT2D eigenvalue weighted by Gasteiger charge is -2.33. The molecular formula is C12H15Br2N3O. The van der Waals surface area contributed by atoms with E-state index >= 15 is 0 Å². The van der Waals surface area contributed by atoms with Gasteiger partial charge in [-0.2, -0.15) is 0 Å². The number of rotatable bonds is 2. The molecule has 1 amide bonds. The molecule has 1 N–H and O–H groups in total. The van der Waals surface area contributed by atoms with Crippen molar-refractivity contribution in [2.24, 2.45) is 5.92 Å². The summed E-state index contributed by atoms with van der Waals surface area (Å²) in [4.78, 5) is 18.3. The van der Waals surface area contributed by atoms with Crippen LogP contribution in [0.25, 0.3) is 0 Å². The van der Waals surface area contributed by atoms with Crippen molar-refractivity contribution in [1.29, 1.82) is 0 Å². The Morgan fingerprint density at radius 1 is 1.56 bits per heavy atom. The van der Waals surface area contributed by atoms with Gasteiger partial charge in [-0.05, 0) is 50.8 Å². The molecule has 0 spiro atoms. The number of carbonyl (C=O) groups is 1. The Morgan fingerprint density at radius 2 is 2.33 bits per heavy atom. The van der Waals surface area contributed by atoms with E-state index < -0.39 is 0 Å². The highest BCUT2D eigenvalue weighted by Crippen LogP contribution is 2.30. The van der Waals surface area contributed by atoms with Gasteiger partial charge in [0, 0.05) is 30.8 Å². The van der Waals surface area contributed by atoms with Crippen molar-refractivity contribution in [2.75, 3.05) is 25.0 Å². The highest BCUT2D eigenvalue weighted by molar-refractivity contribution is 9.11. The number of halogens is 2. The summed E-state index contributed by atoms with van der Waals surface area (Å²) in [5.41, 5.74) is 0. The quantitative estimate of drug-likeness (QED) is 0.862. The van der Waals surface area contributed by atoms with Gasteiger partial charge in [0.05, 0.1) is 10.4 Å². The fraction of sp³-hybridized carbons (Fsp3) is 0.500. The number of piperidine rings is 1. The average Bonchev–Trinajstić information content (AvgIpc) is 2.38. The van der Waals surface area contributed by atoms with Crippen LogP contribution >= 0.6 is 31.9 Å². The third-order valence-corrected chi connectivity index (χ3v) is 4.14. The third-order valence-electron chi connectivity index (χ3n) is 3.13. The van der Waals surface area contributed by atoms with Crippen LogP contribution < -0.4 is 10.2 Å². The predicted octanol–water partition coefficient (Wildman–Crippen LogP) is 2.57. The van der Waals surface area contributed by atoms with E-state index in [1.54, 1.807) is 13.2 Å². The maximum absolute atomic E-state index is 11.7. The predicted molar refractivity (Wildman–Crippen MR) is 78.6 cm³/mol. The molecule has 4 nitrogen and oxygen atoms in total. The number of nitrogens with one attached hydrogen (secondary N) is 1. The Morgan fingerprint density at radius 3 is 3.00 bits per heavy atom. The van der Waals surface area contributed by atoms with Crippen molar-refractivity contribution in [2.45, 2.75) is 12.8 Å². The Hall–Kier alpha value is -0.620. The molecule has 1 aliphatic heterocycles. The number of amides is 1. The van der Waals surface area contributed by atoms with Crippen LogP contribution in [0.5, 0.6) is 0 Å². The van der Waals surface area contributed by atoms with Gasteiger partial charge in [0.15, 0.2) is 0 Å². The van der Waals surface area contributed by atoms with Gasteiger partial charge in [-0.25, -0.2) is 4.98 Å². The summed E-state index contributed by atoms with van der Waals surface area (Å²) in [5, 5.41) is 2.73. The summed E-state index contributed by atoms with van der Waals surface area (Å²) >= 11 is 6.91. The number of hydrogen-bond donors (Lipinski definition) is 1. The zero-order valence-corrected chi connectivity index (χ0v) is 13.3. The fourth-order valence-electron chi connectivity index (χ4n) is 2.23. The smallest absolute Gasteiger partial charge is 0.224 e. The van der Waals surface area contributed by atoms with E-state index in [0.29, 0.717) is 0 Å². The first kappa shape index (κ1) is 13.8. The largest absolute Gasteiger partial charge is 0.359 e. The second-order valence-corrected chi connectivity index (χ2v) is 6.13. The molecule has 1 aromatic heterocycles. The first-order valence-corrected chi connectivity index (χ1v) is 7.48. The van der Waals surface area contributed by atoms with Crippen molar-refractivity contribution >= 4 is 43.6 Å². The first-order chi connectivity index (χ1) is 8.61. The summed E-state index contributed by atoms with van der Waals surface area (Å²) in [5.74, 6) is 1.08. The Balaban J connectivity index is 2.15. The van der Waals surface area contributed by atoms with Gasteiger partial charge in [-0.15, -0.1) is 0 Å². The van der Waals surface area contributed by atoms with Gasteiger partial charge >= 0.3 is 0 Å². The SMILES string of the molecule is CNC(=O)C1CCCN(c2ncc(Br)cc2Br)C1. The van der Waals surface area contributed by atoms with Crippen molar-refractivity contribution < 1.29 is 4.79 Å². The van der Waals surface area contributed by atoms with E-state index in [1.807, 2.05) is 6.07 Å². The van der Waals surface area contributed by atoms with Crippen molar-refractivity contribution in [3.8, 4) is 0 Å². The molecule has 0 bridgehead atoms. The van der Waals surface area contributed by atoms with Crippen molar-refractivity contribution in [1.82, 2.24) is 10.3 Å². The van der Waals surface area contributed by atoms with Gasteiger partial charge in [0.1, 0.15) is 5.82 Å². The Bertz CT molecular complexity index is 453. The molecule has 18 heavy (non-hydrogen) atoms. The molecule has 1 aliphatic rings. The van der Waals surface area contributed by atoms with Gasteiger partial charge in [-0.1, -0.05) is 0 Å². The minimum atomic E-state index is 0.0566. The van der Waals surface area contributed by atoms with E-state index in [9.17, 15) is 4.79 Å². The van der Waals surface area contributed by atoms with Crippen LogP contribution in [0.4, 0.5) is 5.82 Å². The number of anilines is 1. The maximum Gasteiger partial charge on any atom is 0.224 e. The Kier molecular flexibility index (Phi) is 4.61. The number of nitrogens with zero attached hydrogens (tertiary/aromatic N) is 2. The van der Waals surface area contributed by atoms with Crippen LogP contribution in [0.3, 0.4) is 0 Å². The highest BCUT2D eigenvalue weighted by Gasteiger charge is 2.26. The van der Waals surface area contributed by atoms with E-state index in [-0.39, 0.29) is 11.8 Å². The molecule has 6 heteroatoms. The molecule has 98 valence electrons. The van der Waals surface area contributed by atoms with E-state index in [4.69, 9.17) is 0 Å². The molecule has 0 aliphatic carbocycles. The maximum atomic E-state index is 11.7. The normalized spacial score (nSPS) is 19.7. The summed E-state index contributed by atoms with van der Waals surface area (Å²) in [7, 11) is 1.69. The molecule has 2 rings (SSSR count). The fourth-order valence-corrected chi connectivity index (χ4v) is 3.47. The zero-order valence-electron chi connectivity index (χ0n) is 10.1. The third kappa shape index (κ3) is 3.03. The summed E-state index contributed by atoms with van der Waals surface area (Å²) in [6.07, 6.45) is 3.75. The van der Waals surface area contributed by atoms with E-state index in [2.05, 4.69) is 47.1 Å². The first-order valence-electron chi connectivity index (χ1n) is 5.89. The number of aromatic nitrogens is 1. The molecule has 0 aromatic carbocycles. The van der Waals surface area contributed by atoms with Gasteiger partial charge in [0.2, 0.25) is 5.91 Å². The van der Waals surface area contributed by atoms with Crippen molar-refractivity contribution in [3.05, 3.63) is 21.2 Å². The minimum absolute atomic E-state index is 0.0566. The minimum Gasteiger partial charge on any atom is -0.359 e. The molecule has 1 aromatic rings. The second-order valence-electron chi connectivity index (χ2n) is 4.36. The second kappa shape index (κ2) is 6.02.